The number of nitrogens with one attached hydrogen (secondary N) is 1. The molecule has 0 spiro atoms. The number of hydrogen-bond acceptors (Lipinski definition) is 5. The van der Waals surface area contributed by atoms with Crippen LogP contribution < -0.4 is 5.32 Å². The smallest absolute Gasteiger partial charge is 0.309 e. The molecule has 0 unspecified atom stereocenters. The summed E-state index contributed by atoms with van der Waals surface area (Å²) in [6, 6.07) is 13.4. The van der Waals surface area contributed by atoms with Gasteiger partial charge >= 0.3 is 5.97 Å². The number of nitrogens with zero attached hydrogens (tertiary/aromatic N) is 3. The molecule has 0 radical (unpaired) electrons. The first kappa shape index (κ1) is 18.9. The van der Waals surface area contributed by atoms with Crippen molar-refractivity contribution in [3.63, 3.8) is 0 Å². The Morgan fingerprint density at radius 1 is 1.14 bits per heavy atom. The molecule has 0 saturated carbocycles. The van der Waals surface area contributed by atoms with Gasteiger partial charge in [-0.1, -0.05) is 30.3 Å². The van der Waals surface area contributed by atoms with Gasteiger partial charge < -0.3 is 14.6 Å². The molecule has 4 rings (SSSR count). The van der Waals surface area contributed by atoms with E-state index in [1.165, 1.54) is 6.20 Å². The minimum Gasteiger partial charge on any atom is -0.464 e. The normalized spacial score (nSPS) is 15.4. The fourth-order valence-corrected chi connectivity index (χ4v) is 3.51. The Morgan fingerprint density at radius 3 is 2.79 bits per heavy atom. The van der Waals surface area contributed by atoms with Crippen molar-refractivity contribution in [3.05, 3.63) is 72.3 Å². The molecular formula is C22H22N4O3. The lowest BCUT2D eigenvalue weighted by Crippen LogP contribution is -2.31. The minimum absolute atomic E-state index is 0.149. The maximum atomic E-state index is 12.4. The lowest BCUT2D eigenvalue weighted by Gasteiger charge is -2.23. The van der Waals surface area contributed by atoms with E-state index in [4.69, 9.17) is 4.74 Å². The van der Waals surface area contributed by atoms with Gasteiger partial charge in [0.1, 0.15) is 12.4 Å². The summed E-state index contributed by atoms with van der Waals surface area (Å²) in [6.07, 6.45) is 6.27. The Bertz CT molecular complexity index is 986. The summed E-state index contributed by atoms with van der Waals surface area (Å²) in [7, 11) is 0. The number of benzene rings is 1. The molecule has 1 aliphatic heterocycles. The van der Waals surface area contributed by atoms with Gasteiger partial charge in [0.15, 0.2) is 0 Å². The average molecular weight is 390 g/mol. The molecule has 7 nitrogen and oxygen atoms in total. The summed E-state index contributed by atoms with van der Waals surface area (Å²) < 4.78 is 7.55. The highest BCUT2D eigenvalue weighted by molar-refractivity contribution is 5.93. The number of hydrogen-bond donors (Lipinski definition) is 1. The van der Waals surface area contributed by atoms with Crippen LogP contribution in [-0.4, -0.2) is 39.6 Å². The maximum absolute atomic E-state index is 12.4. The van der Waals surface area contributed by atoms with Gasteiger partial charge in [-0.3, -0.25) is 14.6 Å². The van der Waals surface area contributed by atoms with Crippen molar-refractivity contribution in [2.45, 2.75) is 19.4 Å². The van der Waals surface area contributed by atoms with Crippen molar-refractivity contribution in [2.75, 3.05) is 13.2 Å². The van der Waals surface area contributed by atoms with Gasteiger partial charge in [-0.15, -0.1) is 0 Å². The van der Waals surface area contributed by atoms with E-state index in [-0.39, 0.29) is 30.9 Å². The number of carbonyl (C=O) groups is 2. The molecule has 0 saturated heterocycles. The number of pyridine rings is 1. The molecule has 1 atom stereocenters. The summed E-state index contributed by atoms with van der Waals surface area (Å²) in [4.78, 5) is 32.8. The number of fused-ring (bicyclic) bond motifs is 1. The fourth-order valence-electron chi connectivity index (χ4n) is 3.51. The summed E-state index contributed by atoms with van der Waals surface area (Å²) in [5, 5.41) is 2.72. The zero-order valence-corrected chi connectivity index (χ0v) is 16.0. The van der Waals surface area contributed by atoms with Crippen LogP contribution in [0, 0.1) is 5.92 Å². The van der Waals surface area contributed by atoms with Crippen LogP contribution >= 0.6 is 0 Å². The highest BCUT2D eigenvalue weighted by atomic mass is 16.5. The molecule has 0 fully saturated rings. The molecule has 2 aromatic heterocycles. The van der Waals surface area contributed by atoms with Gasteiger partial charge in [0.2, 0.25) is 0 Å². The number of amides is 1. The van der Waals surface area contributed by atoms with Crippen LogP contribution in [-0.2, 0) is 22.5 Å². The Morgan fingerprint density at radius 2 is 2.00 bits per heavy atom. The first-order chi connectivity index (χ1) is 14.2. The van der Waals surface area contributed by atoms with E-state index in [9.17, 15) is 9.59 Å². The topological polar surface area (TPSA) is 86.1 Å². The Balaban J connectivity index is 1.27. The first-order valence-electron chi connectivity index (χ1n) is 9.67. The van der Waals surface area contributed by atoms with Gasteiger partial charge in [0, 0.05) is 42.8 Å². The van der Waals surface area contributed by atoms with E-state index < -0.39 is 0 Å². The van der Waals surface area contributed by atoms with E-state index in [2.05, 4.69) is 19.9 Å². The second kappa shape index (κ2) is 8.68. The fraction of sp³-hybridized carbons (Fsp3) is 0.273. The Labute approximate surface area is 168 Å². The number of aromatic nitrogens is 3. The van der Waals surface area contributed by atoms with Gasteiger partial charge in [-0.2, -0.15) is 0 Å². The third kappa shape index (κ3) is 4.34. The summed E-state index contributed by atoms with van der Waals surface area (Å²) in [5.74, 6) is 0.292. The van der Waals surface area contributed by atoms with E-state index >= 15 is 0 Å². The zero-order valence-electron chi connectivity index (χ0n) is 16.0. The molecule has 3 heterocycles. The first-order valence-corrected chi connectivity index (χ1v) is 9.67. The third-order valence-electron chi connectivity index (χ3n) is 5.02. The SMILES string of the molecule is O=C(NCCOC(=O)[C@@H]1CCn2c(cnc2-c2ccccc2)C1)c1cccnc1. The van der Waals surface area contributed by atoms with Gasteiger partial charge in [-0.25, -0.2) is 4.98 Å². The summed E-state index contributed by atoms with van der Waals surface area (Å²) in [6.45, 7) is 1.15. The lowest BCUT2D eigenvalue weighted by molar-refractivity contribution is -0.149. The van der Waals surface area contributed by atoms with Gasteiger partial charge in [-0.05, 0) is 18.6 Å². The minimum atomic E-state index is -0.232. The summed E-state index contributed by atoms with van der Waals surface area (Å²) >= 11 is 0. The molecule has 1 aliphatic rings. The Hall–Kier alpha value is -3.48. The van der Waals surface area contributed by atoms with E-state index in [1.807, 2.05) is 36.5 Å². The average Bonchev–Trinajstić information content (AvgIpc) is 3.21. The van der Waals surface area contributed by atoms with E-state index in [1.54, 1.807) is 18.3 Å². The van der Waals surface area contributed by atoms with Crippen molar-refractivity contribution in [1.29, 1.82) is 0 Å². The number of rotatable bonds is 6. The second-order valence-corrected chi connectivity index (χ2v) is 6.95. The van der Waals surface area contributed by atoms with Crippen LogP contribution in [0.3, 0.4) is 0 Å². The Kier molecular flexibility index (Phi) is 5.65. The molecule has 1 amide bonds. The number of carbonyl (C=O) groups excluding carboxylic acids is 2. The molecule has 148 valence electrons. The van der Waals surface area contributed by atoms with E-state index in [0.717, 1.165) is 23.6 Å². The van der Waals surface area contributed by atoms with Gasteiger partial charge in [0.25, 0.3) is 5.91 Å². The lowest BCUT2D eigenvalue weighted by atomic mass is 9.96. The molecule has 7 heteroatoms. The monoisotopic (exact) mass is 390 g/mol. The standard InChI is InChI=1S/C22H22N4O3/c27-21(18-7-4-9-23-14-18)24-10-12-29-22(28)17-8-11-26-19(13-17)15-25-20(26)16-5-2-1-3-6-16/h1-7,9,14-15,17H,8,10-13H2,(H,24,27)/t17-/m1/s1. The molecule has 3 aromatic rings. The molecular weight excluding hydrogens is 368 g/mol. The number of imidazole rings is 1. The summed E-state index contributed by atoms with van der Waals surface area (Å²) in [5.41, 5.74) is 2.60. The van der Waals surface area contributed by atoms with E-state index in [0.29, 0.717) is 18.4 Å². The van der Waals surface area contributed by atoms with Crippen LogP contribution in [0.25, 0.3) is 11.4 Å². The molecule has 1 aromatic carbocycles. The number of ether oxygens (including phenoxy) is 1. The van der Waals surface area contributed by atoms with Crippen LogP contribution in [0.5, 0.6) is 0 Å². The van der Waals surface area contributed by atoms with Crippen molar-refractivity contribution < 1.29 is 14.3 Å². The highest BCUT2D eigenvalue weighted by Gasteiger charge is 2.28. The van der Waals surface area contributed by atoms with Crippen molar-refractivity contribution in [2.24, 2.45) is 5.92 Å². The van der Waals surface area contributed by atoms with Crippen LogP contribution in [0.2, 0.25) is 0 Å². The van der Waals surface area contributed by atoms with Crippen molar-refractivity contribution >= 4 is 11.9 Å². The zero-order chi connectivity index (χ0) is 20.1. The second-order valence-electron chi connectivity index (χ2n) is 6.95. The van der Waals surface area contributed by atoms with Crippen molar-refractivity contribution in [3.8, 4) is 11.4 Å². The van der Waals surface area contributed by atoms with Crippen molar-refractivity contribution in [1.82, 2.24) is 19.9 Å². The molecule has 1 N–H and O–H groups in total. The third-order valence-corrected chi connectivity index (χ3v) is 5.02. The van der Waals surface area contributed by atoms with Crippen LogP contribution in [0.15, 0.2) is 61.1 Å². The predicted octanol–water partition coefficient (Wildman–Crippen LogP) is 2.48. The van der Waals surface area contributed by atoms with Crippen LogP contribution in [0.1, 0.15) is 22.5 Å². The molecule has 0 aliphatic carbocycles. The number of esters is 1. The largest absolute Gasteiger partial charge is 0.464 e. The van der Waals surface area contributed by atoms with Gasteiger partial charge in [0.05, 0.1) is 18.0 Å². The molecule has 0 bridgehead atoms. The van der Waals surface area contributed by atoms with Crippen LogP contribution in [0.4, 0.5) is 0 Å². The quantitative estimate of drug-likeness (QED) is 0.516. The highest BCUT2D eigenvalue weighted by Crippen LogP contribution is 2.27. The maximum Gasteiger partial charge on any atom is 0.309 e. The molecule has 29 heavy (non-hydrogen) atoms. The predicted molar refractivity (Wildman–Crippen MR) is 107 cm³/mol.